The van der Waals surface area contributed by atoms with Crippen molar-refractivity contribution in [1.82, 2.24) is 5.32 Å². The lowest BCUT2D eigenvalue weighted by Crippen LogP contribution is -2.41. The first kappa shape index (κ1) is 20.7. The zero-order valence-electron chi connectivity index (χ0n) is 17.6. The molecular weight excluding hydrogens is 392 g/mol. The Morgan fingerprint density at radius 3 is 2.63 bits per heavy atom. The van der Waals surface area contributed by atoms with Gasteiger partial charge in [-0.15, -0.1) is 0 Å². The van der Waals surface area contributed by atoms with E-state index in [1.54, 1.807) is 4.90 Å². The lowest BCUT2D eigenvalue weighted by atomic mass is 9.86. The van der Waals surface area contributed by atoms with E-state index in [9.17, 15) is 9.59 Å². The maximum Gasteiger partial charge on any atom is 0.265 e. The number of thioether (sulfide) groups is 1. The Balaban J connectivity index is 1.57. The van der Waals surface area contributed by atoms with Crippen LogP contribution < -0.4 is 10.2 Å². The summed E-state index contributed by atoms with van der Waals surface area (Å²) in [7, 11) is 0. The highest BCUT2D eigenvalue weighted by molar-refractivity contribution is 8.04. The molecule has 0 spiro atoms. The van der Waals surface area contributed by atoms with Crippen LogP contribution in [0.1, 0.15) is 43.7 Å². The second-order valence-electron chi connectivity index (χ2n) is 8.33. The fourth-order valence-electron chi connectivity index (χ4n) is 4.17. The third-order valence-corrected chi connectivity index (χ3v) is 7.07. The Hall–Kier alpha value is -2.53. The molecule has 1 aliphatic carbocycles. The number of carbonyl (C=O) groups is 2. The van der Waals surface area contributed by atoms with Crippen molar-refractivity contribution >= 4 is 29.3 Å². The maximum atomic E-state index is 13.3. The molecule has 1 N–H and O–H groups in total. The Kier molecular flexibility index (Phi) is 6.28. The van der Waals surface area contributed by atoms with E-state index in [1.807, 2.05) is 43.3 Å². The quantitative estimate of drug-likeness (QED) is 0.691. The largest absolute Gasteiger partial charge is 0.350 e. The molecule has 2 unspecified atom stereocenters. The average Bonchev–Trinajstić information content (AvgIpc) is 2.74. The van der Waals surface area contributed by atoms with Gasteiger partial charge in [0.1, 0.15) is 0 Å². The number of rotatable bonds is 4. The molecule has 1 heterocycles. The van der Waals surface area contributed by atoms with Gasteiger partial charge in [-0.3, -0.25) is 9.59 Å². The molecule has 1 aliphatic heterocycles. The van der Waals surface area contributed by atoms with Gasteiger partial charge < -0.3 is 10.2 Å². The molecule has 1 fully saturated rings. The third kappa shape index (κ3) is 4.62. The standard InChI is InChI=1S/C25H28N2O2S/c1-17-11-13-19(14-12-17)16-27-21-9-5-6-10-22(21)30-23(25(27)29)15-24(28)26-20-8-4-3-7-18(20)2/h5-6,9-15,18,20H,3-4,7-8,16H2,1-2H3,(H,26,28)/b23-15-. The predicted molar refractivity (Wildman–Crippen MR) is 122 cm³/mol. The van der Waals surface area contributed by atoms with Crippen LogP contribution in [0.3, 0.4) is 0 Å². The van der Waals surface area contributed by atoms with Crippen molar-refractivity contribution in [1.29, 1.82) is 0 Å². The van der Waals surface area contributed by atoms with Gasteiger partial charge in [0, 0.05) is 17.0 Å². The van der Waals surface area contributed by atoms with Crippen molar-refractivity contribution in [3.05, 3.63) is 70.6 Å². The van der Waals surface area contributed by atoms with Crippen LogP contribution in [0.4, 0.5) is 5.69 Å². The summed E-state index contributed by atoms with van der Waals surface area (Å²) < 4.78 is 0. The summed E-state index contributed by atoms with van der Waals surface area (Å²) >= 11 is 1.38. The van der Waals surface area contributed by atoms with Crippen LogP contribution in [0.5, 0.6) is 0 Å². The predicted octanol–water partition coefficient (Wildman–Crippen LogP) is 5.21. The highest BCUT2D eigenvalue weighted by Gasteiger charge is 2.30. The molecule has 2 atom stereocenters. The van der Waals surface area contributed by atoms with Crippen LogP contribution in [-0.2, 0) is 16.1 Å². The van der Waals surface area contributed by atoms with Gasteiger partial charge in [-0.2, -0.15) is 0 Å². The zero-order valence-corrected chi connectivity index (χ0v) is 18.4. The van der Waals surface area contributed by atoms with Crippen LogP contribution >= 0.6 is 11.8 Å². The van der Waals surface area contributed by atoms with Crippen molar-refractivity contribution in [2.75, 3.05) is 4.90 Å². The number of anilines is 1. The molecule has 0 saturated heterocycles. The first-order chi connectivity index (χ1) is 14.5. The molecular formula is C25H28N2O2S. The van der Waals surface area contributed by atoms with Gasteiger partial charge in [-0.1, -0.05) is 73.5 Å². The number of carbonyl (C=O) groups excluding carboxylic acids is 2. The van der Waals surface area contributed by atoms with Crippen molar-refractivity contribution in [2.24, 2.45) is 5.92 Å². The summed E-state index contributed by atoms with van der Waals surface area (Å²) in [5, 5.41) is 3.13. The van der Waals surface area contributed by atoms with E-state index in [0.29, 0.717) is 17.4 Å². The fraction of sp³-hybridized carbons (Fsp3) is 0.360. The average molecular weight is 421 g/mol. The number of aryl methyl sites for hydroxylation is 1. The summed E-state index contributed by atoms with van der Waals surface area (Å²) in [6, 6.07) is 16.3. The van der Waals surface area contributed by atoms with Crippen molar-refractivity contribution in [2.45, 2.75) is 57.0 Å². The van der Waals surface area contributed by atoms with Gasteiger partial charge in [-0.25, -0.2) is 0 Å². The summed E-state index contributed by atoms with van der Waals surface area (Å²) in [5.41, 5.74) is 3.15. The highest BCUT2D eigenvalue weighted by atomic mass is 32.2. The topological polar surface area (TPSA) is 49.4 Å². The molecule has 5 heteroatoms. The molecule has 4 nitrogen and oxygen atoms in total. The molecule has 2 aromatic rings. The van der Waals surface area contributed by atoms with Crippen molar-refractivity contribution in [3.8, 4) is 0 Å². The fourth-order valence-corrected chi connectivity index (χ4v) is 5.20. The second kappa shape index (κ2) is 9.09. The highest BCUT2D eigenvalue weighted by Crippen LogP contribution is 2.41. The molecule has 0 aromatic heterocycles. The molecule has 0 radical (unpaired) electrons. The monoisotopic (exact) mass is 420 g/mol. The number of para-hydroxylation sites is 1. The molecule has 2 aromatic carbocycles. The van der Waals surface area contributed by atoms with E-state index in [0.717, 1.165) is 35.4 Å². The molecule has 1 saturated carbocycles. The zero-order chi connectivity index (χ0) is 21.1. The van der Waals surface area contributed by atoms with E-state index >= 15 is 0 Å². The smallest absolute Gasteiger partial charge is 0.265 e. The summed E-state index contributed by atoms with van der Waals surface area (Å²) in [6.07, 6.45) is 6.03. The Morgan fingerprint density at radius 2 is 1.87 bits per heavy atom. The van der Waals surface area contributed by atoms with Gasteiger partial charge in [0.15, 0.2) is 0 Å². The minimum Gasteiger partial charge on any atom is -0.350 e. The number of nitrogens with one attached hydrogen (secondary N) is 1. The first-order valence-corrected chi connectivity index (χ1v) is 11.5. The van der Waals surface area contributed by atoms with Crippen LogP contribution in [0.25, 0.3) is 0 Å². The van der Waals surface area contributed by atoms with E-state index in [2.05, 4.69) is 24.4 Å². The normalized spacial score (nSPS) is 22.7. The first-order valence-electron chi connectivity index (χ1n) is 10.7. The summed E-state index contributed by atoms with van der Waals surface area (Å²) in [4.78, 5) is 29.3. The van der Waals surface area contributed by atoms with E-state index in [4.69, 9.17) is 0 Å². The van der Waals surface area contributed by atoms with Gasteiger partial charge in [0.05, 0.1) is 17.1 Å². The Labute approximate surface area is 182 Å². The number of hydrogen-bond donors (Lipinski definition) is 1. The van der Waals surface area contributed by atoms with Crippen LogP contribution in [-0.4, -0.2) is 17.9 Å². The summed E-state index contributed by atoms with van der Waals surface area (Å²) in [6.45, 7) is 4.72. The minimum atomic E-state index is -0.167. The Morgan fingerprint density at radius 1 is 1.13 bits per heavy atom. The third-order valence-electron chi connectivity index (χ3n) is 5.99. The molecule has 4 rings (SSSR count). The number of hydrogen-bond acceptors (Lipinski definition) is 3. The molecule has 0 bridgehead atoms. The number of benzene rings is 2. The minimum absolute atomic E-state index is 0.119. The SMILES string of the molecule is Cc1ccc(CN2C(=O)/C(=C/C(=O)NC3CCCCC3C)Sc3ccccc32)cc1. The van der Waals surface area contributed by atoms with Crippen LogP contribution in [0.15, 0.2) is 64.4 Å². The lowest BCUT2D eigenvalue weighted by Gasteiger charge is -2.31. The molecule has 156 valence electrons. The van der Waals surface area contributed by atoms with E-state index in [1.165, 1.54) is 29.8 Å². The Bertz CT molecular complexity index is 967. The van der Waals surface area contributed by atoms with E-state index < -0.39 is 0 Å². The number of amides is 2. The van der Waals surface area contributed by atoms with Crippen LogP contribution in [0, 0.1) is 12.8 Å². The van der Waals surface area contributed by atoms with Gasteiger partial charge in [0.25, 0.3) is 5.91 Å². The maximum absolute atomic E-state index is 13.3. The van der Waals surface area contributed by atoms with Gasteiger partial charge >= 0.3 is 0 Å². The van der Waals surface area contributed by atoms with Crippen molar-refractivity contribution in [3.63, 3.8) is 0 Å². The molecule has 30 heavy (non-hydrogen) atoms. The van der Waals surface area contributed by atoms with Gasteiger partial charge in [0.2, 0.25) is 5.91 Å². The lowest BCUT2D eigenvalue weighted by molar-refractivity contribution is -0.119. The van der Waals surface area contributed by atoms with Crippen LogP contribution in [0.2, 0.25) is 0 Å². The summed E-state index contributed by atoms with van der Waals surface area (Å²) in [5.74, 6) is 0.194. The van der Waals surface area contributed by atoms with E-state index in [-0.39, 0.29) is 17.9 Å². The molecule has 2 aliphatic rings. The van der Waals surface area contributed by atoms with Crippen molar-refractivity contribution < 1.29 is 9.59 Å². The number of fused-ring (bicyclic) bond motifs is 1. The second-order valence-corrected chi connectivity index (χ2v) is 9.42. The van der Waals surface area contributed by atoms with Gasteiger partial charge in [-0.05, 0) is 43.4 Å². The molecule has 2 amide bonds. The number of nitrogens with zero attached hydrogens (tertiary/aromatic N) is 1.